The molecule has 5 nitrogen and oxygen atoms in total. The lowest BCUT2D eigenvalue weighted by atomic mass is 10.2. The average Bonchev–Trinajstić information content (AvgIpc) is 3.02. The second-order valence-corrected chi connectivity index (χ2v) is 6.92. The lowest BCUT2D eigenvalue weighted by molar-refractivity contribution is 0.417. The summed E-state index contributed by atoms with van der Waals surface area (Å²) in [6.07, 6.45) is 0. The van der Waals surface area contributed by atoms with Crippen LogP contribution in [-0.4, -0.2) is 15.5 Å². The summed E-state index contributed by atoms with van der Waals surface area (Å²) >= 11 is 0. The lowest BCUT2D eigenvalue weighted by Crippen LogP contribution is -2.13. The number of methoxy groups -OCH3 is 1. The molecular weight excluding hydrogens is 326 g/mol. The number of hydrogen-bond acceptors (Lipinski definition) is 4. The Morgan fingerprint density at radius 3 is 2.29 bits per heavy atom. The number of benzene rings is 2. The molecule has 0 aliphatic heterocycles. The van der Waals surface area contributed by atoms with Crippen LogP contribution < -0.4 is 9.46 Å². The second kappa shape index (κ2) is 6.41. The third-order valence-corrected chi connectivity index (χ3v) is 4.92. The van der Waals surface area contributed by atoms with Gasteiger partial charge in [0, 0.05) is 5.56 Å². The molecule has 0 bridgehead atoms. The molecule has 124 valence electrons. The number of nitrogens with one attached hydrogen (secondary N) is 1. The van der Waals surface area contributed by atoms with E-state index in [1.54, 1.807) is 48.5 Å². The van der Waals surface area contributed by atoms with E-state index in [0.29, 0.717) is 17.2 Å². The maximum Gasteiger partial charge on any atom is 0.262 e. The van der Waals surface area contributed by atoms with Crippen molar-refractivity contribution in [3.8, 4) is 17.1 Å². The average molecular weight is 343 g/mol. The van der Waals surface area contributed by atoms with Gasteiger partial charge in [-0.2, -0.15) is 0 Å². The van der Waals surface area contributed by atoms with E-state index >= 15 is 0 Å². The van der Waals surface area contributed by atoms with Crippen molar-refractivity contribution in [2.45, 2.75) is 11.8 Å². The summed E-state index contributed by atoms with van der Waals surface area (Å²) in [5.41, 5.74) is 1.21. The minimum Gasteiger partial charge on any atom is -0.495 e. The van der Waals surface area contributed by atoms with Crippen molar-refractivity contribution in [2.75, 3.05) is 11.8 Å². The minimum absolute atomic E-state index is 0.167. The quantitative estimate of drug-likeness (QED) is 0.758. The van der Waals surface area contributed by atoms with Crippen LogP contribution in [0.5, 0.6) is 5.75 Å². The molecule has 0 atom stereocenters. The first-order valence-electron chi connectivity index (χ1n) is 7.32. The molecule has 0 saturated heterocycles. The van der Waals surface area contributed by atoms with Gasteiger partial charge in [0.15, 0.2) is 0 Å². The van der Waals surface area contributed by atoms with E-state index < -0.39 is 10.0 Å². The summed E-state index contributed by atoms with van der Waals surface area (Å²) in [7, 11) is -2.21. The van der Waals surface area contributed by atoms with E-state index in [1.807, 2.05) is 19.1 Å². The van der Waals surface area contributed by atoms with Crippen molar-refractivity contribution in [2.24, 2.45) is 0 Å². The highest BCUT2D eigenvalue weighted by atomic mass is 32.2. The van der Waals surface area contributed by atoms with Gasteiger partial charge in [0.25, 0.3) is 10.0 Å². The maximum absolute atomic E-state index is 12.5. The molecule has 0 radical (unpaired) electrons. The lowest BCUT2D eigenvalue weighted by Gasteiger charge is -2.11. The molecule has 0 fully saturated rings. The van der Waals surface area contributed by atoms with Crippen LogP contribution >= 0.6 is 0 Å². The number of rotatable bonds is 5. The number of aryl methyl sites for hydroxylation is 1. The summed E-state index contributed by atoms with van der Waals surface area (Å²) < 4.78 is 38.3. The van der Waals surface area contributed by atoms with Crippen LogP contribution in [0.4, 0.5) is 5.69 Å². The molecular formula is C18H17NO4S. The highest BCUT2D eigenvalue weighted by molar-refractivity contribution is 7.92. The first kappa shape index (κ1) is 16.1. The molecule has 24 heavy (non-hydrogen) atoms. The van der Waals surface area contributed by atoms with Crippen LogP contribution in [0.3, 0.4) is 0 Å². The molecule has 0 unspecified atom stereocenters. The van der Waals surface area contributed by atoms with Crippen LogP contribution in [0.15, 0.2) is 70.0 Å². The van der Waals surface area contributed by atoms with Crippen LogP contribution in [0.25, 0.3) is 11.3 Å². The van der Waals surface area contributed by atoms with Crippen LogP contribution in [0.1, 0.15) is 5.76 Å². The standard InChI is InChI=1S/C18H17NO4S/c1-13-7-12-17(23-13)14-8-10-15(11-9-14)24(20,21)19-16-5-3-4-6-18(16)22-2/h3-12,19H,1-2H3. The Bertz CT molecular complexity index is 943. The number of anilines is 1. The smallest absolute Gasteiger partial charge is 0.262 e. The van der Waals surface area contributed by atoms with Crippen molar-refractivity contribution in [3.63, 3.8) is 0 Å². The monoisotopic (exact) mass is 343 g/mol. The second-order valence-electron chi connectivity index (χ2n) is 5.24. The molecule has 0 amide bonds. The van der Waals surface area contributed by atoms with Gasteiger partial charge in [-0.15, -0.1) is 0 Å². The SMILES string of the molecule is COc1ccccc1NS(=O)(=O)c1ccc(-c2ccc(C)o2)cc1. The fourth-order valence-corrected chi connectivity index (χ4v) is 3.39. The fourth-order valence-electron chi connectivity index (χ4n) is 2.32. The fraction of sp³-hybridized carbons (Fsp3) is 0.111. The molecule has 3 rings (SSSR count). The van der Waals surface area contributed by atoms with Gasteiger partial charge in [-0.25, -0.2) is 8.42 Å². The first-order valence-corrected chi connectivity index (χ1v) is 8.80. The Labute approximate surface area is 140 Å². The van der Waals surface area contributed by atoms with Crippen LogP contribution in [0.2, 0.25) is 0 Å². The van der Waals surface area contributed by atoms with E-state index in [9.17, 15) is 8.42 Å². The van der Waals surface area contributed by atoms with Gasteiger partial charge < -0.3 is 9.15 Å². The number of hydrogen-bond donors (Lipinski definition) is 1. The minimum atomic E-state index is -3.70. The number of sulfonamides is 1. The number of furan rings is 1. The van der Waals surface area contributed by atoms with E-state index in [-0.39, 0.29) is 4.90 Å². The van der Waals surface area contributed by atoms with Crippen molar-refractivity contribution >= 4 is 15.7 Å². The van der Waals surface area contributed by atoms with Crippen LogP contribution in [-0.2, 0) is 10.0 Å². The number of ether oxygens (including phenoxy) is 1. The Hall–Kier alpha value is -2.73. The van der Waals surface area contributed by atoms with Gasteiger partial charge >= 0.3 is 0 Å². The van der Waals surface area contributed by atoms with Gasteiger partial charge in [0.1, 0.15) is 17.3 Å². The maximum atomic E-state index is 12.5. The Morgan fingerprint density at radius 2 is 1.67 bits per heavy atom. The van der Waals surface area contributed by atoms with Gasteiger partial charge in [0.2, 0.25) is 0 Å². The molecule has 6 heteroatoms. The predicted octanol–water partition coefficient (Wildman–Crippen LogP) is 4.06. The summed E-state index contributed by atoms with van der Waals surface area (Å²) in [4.78, 5) is 0.167. The Kier molecular flexibility index (Phi) is 4.31. The van der Waals surface area contributed by atoms with Crippen molar-refractivity contribution in [1.29, 1.82) is 0 Å². The third-order valence-electron chi connectivity index (χ3n) is 3.54. The van der Waals surface area contributed by atoms with Crippen molar-refractivity contribution in [1.82, 2.24) is 0 Å². The molecule has 1 heterocycles. The summed E-state index contributed by atoms with van der Waals surface area (Å²) in [5, 5.41) is 0. The molecule has 0 spiro atoms. The van der Waals surface area contributed by atoms with E-state index in [1.165, 1.54) is 7.11 Å². The molecule has 1 N–H and O–H groups in total. The third kappa shape index (κ3) is 3.28. The highest BCUT2D eigenvalue weighted by Gasteiger charge is 2.16. The number of para-hydroxylation sites is 2. The molecule has 0 aliphatic rings. The predicted molar refractivity (Wildman–Crippen MR) is 92.7 cm³/mol. The zero-order valence-electron chi connectivity index (χ0n) is 13.3. The van der Waals surface area contributed by atoms with Gasteiger partial charge in [-0.3, -0.25) is 4.72 Å². The van der Waals surface area contributed by atoms with E-state index in [2.05, 4.69) is 4.72 Å². The van der Waals surface area contributed by atoms with E-state index in [4.69, 9.17) is 9.15 Å². The van der Waals surface area contributed by atoms with Gasteiger partial charge in [-0.1, -0.05) is 12.1 Å². The van der Waals surface area contributed by atoms with Gasteiger partial charge in [0.05, 0.1) is 17.7 Å². The molecule has 2 aromatic carbocycles. The molecule has 3 aromatic rings. The van der Waals surface area contributed by atoms with E-state index in [0.717, 1.165) is 11.3 Å². The van der Waals surface area contributed by atoms with Crippen molar-refractivity contribution < 1.29 is 17.6 Å². The normalized spacial score (nSPS) is 11.2. The summed E-state index contributed by atoms with van der Waals surface area (Å²) in [6.45, 7) is 1.86. The van der Waals surface area contributed by atoms with Crippen LogP contribution in [0, 0.1) is 6.92 Å². The van der Waals surface area contributed by atoms with Crippen molar-refractivity contribution in [3.05, 3.63) is 66.4 Å². The zero-order valence-corrected chi connectivity index (χ0v) is 14.1. The molecule has 1 aromatic heterocycles. The van der Waals surface area contributed by atoms with Gasteiger partial charge in [-0.05, 0) is 55.5 Å². The first-order chi connectivity index (χ1) is 11.5. The Balaban J connectivity index is 1.87. The summed E-state index contributed by atoms with van der Waals surface area (Å²) in [5.74, 6) is 1.97. The largest absolute Gasteiger partial charge is 0.495 e. The summed E-state index contributed by atoms with van der Waals surface area (Å²) in [6, 6.07) is 17.1. The topological polar surface area (TPSA) is 68.5 Å². The molecule has 0 saturated carbocycles. The highest BCUT2D eigenvalue weighted by Crippen LogP contribution is 2.27. The molecule has 0 aliphatic carbocycles. The Morgan fingerprint density at radius 1 is 0.958 bits per heavy atom. The zero-order chi connectivity index (χ0) is 17.2.